The van der Waals surface area contributed by atoms with Crippen LogP contribution in [0, 0.1) is 0 Å². The van der Waals surface area contributed by atoms with E-state index in [2.05, 4.69) is 31.9 Å². The van der Waals surface area contributed by atoms with E-state index >= 15 is 0 Å². The predicted molar refractivity (Wildman–Crippen MR) is 156 cm³/mol. The highest BCUT2D eigenvalue weighted by molar-refractivity contribution is 9.11. The minimum absolute atomic E-state index is 0.348. The Morgan fingerprint density at radius 1 is 0.650 bits per heavy atom. The van der Waals surface area contributed by atoms with Crippen LogP contribution in [-0.2, 0) is 19.1 Å². The quantitative estimate of drug-likeness (QED) is 0.174. The highest BCUT2D eigenvalue weighted by atomic mass is 79.9. The van der Waals surface area contributed by atoms with Gasteiger partial charge in [-0.3, -0.25) is 0 Å². The van der Waals surface area contributed by atoms with Gasteiger partial charge in [-0.2, -0.15) is 0 Å². The molecule has 0 bridgehead atoms. The van der Waals surface area contributed by atoms with Gasteiger partial charge in [-0.1, -0.05) is 12.2 Å². The van der Waals surface area contributed by atoms with Gasteiger partial charge < -0.3 is 28.4 Å². The topological polar surface area (TPSA) is 89.5 Å². The molecule has 0 N–H and O–H groups in total. The van der Waals surface area contributed by atoms with E-state index in [4.69, 9.17) is 28.4 Å². The molecule has 0 amide bonds. The molecule has 2 aliphatic heterocycles. The smallest absolute Gasteiger partial charge is 0.334 e. The Bertz CT molecular complexity index is 1270. The second-order valence-corrected chi connectivity index (χ2v) is 10.6. The summed E-state index contributed by atoms with van der Waals surface area (Å²) in [6.45, 7) is 0. The van der Waals surface area contributed by atoms with Gasteiger partial charge in [-0.25, -0.2) is 9.59 Å². The number of esters is 2. The average molecular weight is 678 g/mol. The van der Waals surface area contributed by atoms with Gasteiger partial charge in [0.2, 0.25) is 0 Å². The van der Waals surface area contributed by atoms with Crippen LogP contribution in [0.1, 0.15) is 49.0 Å². The monoisotopic (exact) mass is 676 g/mol. The molecule has 0 fully saturated rings. The van der Waals surface area contributed by atoms with Gasteiger partial charge in [0.1, 0.15) is 23.0 Å². The van der Waals surface area contributed by atoms with E-state index in [9.17, 15) is 9.59 Å². The molecule has 0 radical (unpaired) electrons. The van der Waals surface area contributed by atoms with Crippen LogP contribution in [0.2, 0.25) is 0 Å². The molecule has 8 nitrogen and oxygen atoms in total. The zero-order valence-electron chi connectivity index (χ0n) is 22.6. The number of cyclic esters (lactones) is 2. The summed E-state index contributed by atoms with van der Waals surface area (Å²) < 4.78 is 34.3. The highest BCUT2D eigenvalue weighted by Gasteiger charge is 2.32. The lowest BCUT2D eigenvalue weighted by Gasteiger charge is -2.17. The van der Waals surface area contributed by atoms with E-state index in [0.29, 0.717) is 79.9 Å². The molecule has 212 valence electrons. The number of hydrogen-bond donors (Lipinski definition) is 0. The molecular formula is C30H30Br2O8. The van der Waals surface area contributed by atoms with Crippen molar-refractivity contribution < 1.29 is 38.0 Å². The van der Waals surface area contributed by atoms with E-state index in [0.717, 1.165) is 0 Å². The van der Waals surface area contributed by atoms with Crippen LogP contribution >= 0.6 is 31.9 Å². The second kappa shape index (κ2) is 13.4. The lowest BCUT2D eigenvalue weighted by Crippen LogP contribution is -2.05. The Morgan fingerprint density at radius 3 is 1.35 bits per heavy atom. The first-order chi connectivity index (χ1) is 19.3. The van der Waals surface area contributed by atoms with Crippen LogP contribution in [-0.4, -0.2) is 40.4 Å². The summed E-state index contributed by atoms with van der Waals surface area (Å²) >= 11 is 7.08. The number of benzene rings is 2. The summed E-state index contributed by atoms with van der Waals surface area (Å²) in [6, 6.07) is 7.14. The van der Waals surface area contributed by atoms with E-state index in [1.165, 1.54) is 0 Å². The summed E-state index contributed by atoms with van der Waals surface area (Å²) in [5, 5.41) is 0. The summed E-state index contributed by atoms with van der Waals surface area (Å²) in [5.74, 6) is 1.75. The number of methoxy groups -OCH3 is 4. The Kier molecular flexibility index (Phi) is 9.97. The van der Waals surface area contributed by atoms with Gasteiger partial charge in [0.05, 0.1) is 48.5 Å². The lowest BCUT2D eigenvalue weighted by molar-refractivity contribution is -0.141. The van der Waals surface area contributed by atoms with Crippen molar-refractivity contribution in [3.05, 3.63) is 79.8 Å². The number of allylic oxidation sites excluding steroid dienone is 2. The summed E-state index contributed by atoms with van der Waals surface area (Å²) in [7, 11) is 6.29. The Labute approximate surface area is 250 Å². The van der Waals surface area contributed by atoms with Crippen LogP contribution < -0.4 is 18.9 Å². The fourth-order valence-electron chi connectivity index (χ4n) is 4.63. The highest BCUT2D eigenvalue weighted by Crippen LogP contribution is 2.44. The molecule has 2 aromatic rings. The third-order valence-electron chi connectivity index (χ3n) is 6.68. The number of ether oxygens (including phenoxy) is 6. The van der Waals surface area contributed by atoms with E-state index < -0.39 is 12.2 Å². The molecule has 0 aliphatic carbocycles. The summed E-state index contributed by atoms with van der Waals surface area (Å²) in [6.07, 6.45) is 8.90. The van der Waals surface area contributed by atoms with Gasteiger partial charge in [0.15, 0.2) is 12.2 Å². The van der Waals surface area contributed by atoms with Gasteiger partial charge in [-0.05, 0) is 94.0 Å². The number of rotatable bonds is 12. The molecule has 2 heterocycles. The van der Waals surface area contributed by atoms with Crippen molar-refractivity contribution in [3.8, 4) is 23.0 Å². The van der Waals surface area contributed by atoms with E-state index in [1.54, 1.807) is 52.7 Å². The van der Waals surface area contributed by atoms with Crippen molar-refractivity contribution >= 4 is 43.8 Å². The zero-order valence-corrected chi connectivity index (χ0v) is 25.8. The molecule has 2 aliphatic rings. The minimum atomic E-state index is -0.567. The largest absolute Gasteiger partial charge is 0.496 e. The molecule has 0 unspecified atom stereocenters. The van der Waals surface area contributed by atoms with Crippen molar-refractivity contribution in [2.75, 3.05) is 28.4 Å². The minimum Gasteiger partial charge on any atom is -0.496 e. The van der Waals surface area contributed by atoms with Gasteiger partial charge in [-0.15, -0.1) is 0 Å². The predicted octanol–water partition coefficient (Wildman–Crippen LogP) is 7.11. The van der Waals surface area contributed by atoms with E-state index in [1.807, 2.05) is 24.3 Å². The van der Waals surface area contributed by atoms with E-state index in [-0.39, 0.29) is 11.9 Å². The molecule has 0 saturated heterocycles. The average Bonchev–Trinajstić information content (AvgIpc) is 3.50. The Morgan fingerprint density at radius 2 is 1.00 bits per heavy atom. The molecule has 2 atom stereocenters. The fourth-order valence-corrected chi connectivity index (χ4v) is 6.06. The summed E-state index contributed by atoms with van der Waals surface area (Å²) in [4.78, 5) is 25.1. The molecular weight excluding hydrogens is 648 g/mol. The van der Waals surface area contributed by atoms with Gasteiger partial charge >= 0.3 is 11.9 Å². The number of carbonyl (C=O) groups is 2. The maximum atomic E-state index is 12.5. The van der Waals surface area contributed by atoms with Crippen LogP contribution in [0.25, 0.3) is 0 Å². The maximum absolute atomic E-state index is 12.5. The Balaban J connectivity index is 1.34. The first-order valence-corrected chi connectivity index (χ1v) is 14.2. The molecule has 2 aromatic carbocycles. The number of carbonyl (C=O) groups excluding carboxylic acids is 2. The SMILES string of the molecule is COc1ccc(OC)c([C@@H]2C=C(CC/C=C/CCC3=C[C@@H](c4c(OC)ccc(OC)c4Br)OC3=O)C(=O)O2)c1Br. The lowest BCUT2D eigenvalue weighted by atomic mass is 10.0. The molecule has 10 heteroatoms. The van der Waals surface area contributed by atoms with Crippen LogP contribution in [0.4, 0.5) is 0 Å². The van der Waals surface area contributed by atoms with Crippen molar-refractivity contribution in [1.29, 1.82) is 0 Å². The number of halogens is 2. The van der Waals surface area contributed by atoms with Crippen molar-refractivity contribution in [3.63, 3.8) is 0 Å². The zero-order chi connectivity index (χ0) is 28.8. The summed E-state index contributed by atoms with van der Waals surface area (Å²) in [5.41, 5.74) is 2.62. The first kappa shape index (κ1) is 29.7. The molecule has 40 heavy (non-hydrogen) atoms. The van der Waals surface area contributed by atoms with Crippen molar-refractivity contribution in [1.82, 2.24) is 0 Å². The Hall–Kier alpha value is -3.24. The third-order valence-corrected chi connectivity index (χ3v) is 8.32. The second-order valence-electron chi connectivity index (χ2n) is 8.98. The fraction of sp³-hybridized carbons (Fsp3) is 0.333. The van der Waals surface area contributed by atoms with Crippen LogP contribution in [0.3, 0.4) is 0 Å². The number of hydrogen-bond acceptors (Lipinski definition) is 8. The molecule has 0 spiro atoms. The normalized spacial score (nSPS) is 18.4. The van der Waals surface area contributed by atoms with Crippen molar-refractivity contribution in [2.45, 2.75) is 37.9 Å². The molecule has 4 rings (SSSR count). The molecule has 0 aromatic heterocycles. The maximum Gasteiger partial charge on any atom is 0.334 e. The van der Waals surface area contributed by atoms with Gasteiger partial charge in [0.25, 0.3) is 0 Å². The van der Waals surface area contributed by atoms with Gasteiger partial charge in [0, 0.05) is 11.1 Å². The third kappa shape index (κ3) is 6.23. The van der Waals surface area contributed by atoms with Crippen LogP contribution in [0.15, 0.2) is 68.7 Å². The van der Waals surface area contributed by atoms with Crippen molar-refractivity contribution in [2.24, 2.45) is 0 Å². The molecule has 0 saturated carbocycles. The van der Waals surface area contributed by atoms with Crippen LogP contribution in [0.5, 0.6) is 23.0 Å². The first-order valence-electron chi connectivity index (χ1n) is 12.6. The standard InChI is InChI=1S/C30H30Br2O8/c1-35-19-11-13-21(37-3)27(31)25(19)23-15-17(29(33)39-23)9-7-5-6-8-10-18-16-24(40-30(18)34)26-20(36-2)12-14-22(38-4)28(26)32/h5-6,11-16,23-24H,7-10H2,1-4H3/b6-5+/t23-,24-/m0/s1.